The van der Waals surface area contributed by atoms with E-state index in [9.17, 15) is 9.59 Å². The molecule has 1 rings (SSSR count). The van der Waals surface area contributed by atoms with Crippen molar-refractivity contribution in [3.05, 3.63) is 48.1 Å². The lowest BCUT2D eigenvalue weighted by molar-refractivity contribution is -0.131. The third kappa shape index (κ3) is 4.79. The summed E-state index contributed by atoms with van der Waals surface area (Å²) in [7, 11) is 1.57. The smallest absolute Gasteiger partial charge is 0.328 e. The highest BCUT2D eigenvalue weighted by atomic mass is 16.5. The SMILES string of the molecule is COc1ccc(/C=C/C(=O)/C=C\C(=O)O)cc1. The second kappa shape index (κ2) is 6.27. The number of hydrogen-bond donors (Lipinski definition) is 1. The average molecular weight is 232 g/mol. The molecule has 0 fully saturated rings. The minimum atomic E-state index is -1.14. The Morgan fingerprint density at radius 2 is 1.76 bits per heavy atom. The van der Waals surface area contributed by atoms with E-state index in [4.69, 9.17) is 9.84 Å². The van der Waals surface area contributed by atoms with Crippen molar-refractivity contribution in [2.45, 2.75) is 0 Å². The molecule has 0 heterocycles. The molecule has 0 aliphatic rings. The first-order chi connectivity index (χ1) is 8.11. The number of carbonyl (C=O) groups excluding carboxylic acids is 1. The van der Waals surface area contributed by atoms with Crippen LogP contribution in [0.1, 0.15) is 5.56 Å². The van der Waals surface area contributed by atoms with Gasteiger partial charge in [0.05, 0.1) is 7.11 Å². The minimum Gasteiger partial charge on any atom is -0.497 e. The van der Waals surface area contributed by atoms with Crippen molar-refractivity contribution in [3.8, 4) is 5.75 Å². The van der Waals surface area contributed by atoms with Crippen LogP contribution in [0.2, 0.25) is 0 Å². The molecule has 0 aliphatic carbocycles. The van der Waals surface area contributed by atoms with Gasteiger partial charge in [0.25, 0.3) is 0 Å². The molecule has 0 amide bonds. The number of ketones is 1. The van der Waals surface area contributed by atoms with Crippen molar-refractivity contribution < 1.29 is 19.4 Å². The fourth-order valence-corrected chi connectivity index (χ4v) is 1.10. The van der Waals surface area contributed by atoms with Crippen LogP contribution in [-0.4, -0.2) is 24.0 Å². The monoisotopic (exact) mass is 232 g/mol. The van der Waals surface area contributed by atoms with Gasteiger partial charge in [-0.1, -0.05) is 18.2 Å². The molecule has 1 aromatic rings. The van der Waals surface area contributed by atoms with Gasteiger partial charge in [0.1, 0.15) is 5.75 Å². The van der Waals surface area contributed by atoms with Crippen LogP contribution < -0.4 is 4.74 Å². The number of carbonyl (C=O) groups is 2. The molecule has 1 N–H and O–H groups in total. The van der Waals surface area contributed by atoms with Crippen molar-refractivity contribution in [1.29, 1.82) is 0 Å². The predicted molar refractivity (Wildman–Crippen MR) is 63.8 cm³/mol. The van der Waals surface area contributed by atoms with E-state index in [-0.39, 0.29) is 5.78 Å². The molecular formula is C13H12O4. The van der Waals surface area contributed by atoms with Gasteiger partial charge in [-0.2, -0.15) is 0 Å². The van der Waals surface area contributed by atoms with E-state index in [0.717, 1.165) is 23.5 Å². The van der Waals surface area contributed by atoms with Gasteiger partial charge in [0.15, 0.2) is 5.78 Å². The molecule has 88 valence electrons. The quantitative estimate of drug-likeness (QED) is 0.788. The molecule has 0 radical (unpaired) electrons. The summed E-state index contributed by atoms with van der Waals surface area (Å²) in [4.78, 5) is 21.4. The number of aliphatic carboxylic acids is 1. The Morgan fingerprint density at radius 1 is 1.12 bits per heavy atom. The fourth-order valence-electron chi connectivity index (χ4n) is 1.10. The molecule has 0 bridgehead atoms. The summed E-state index contributed by atoms with van der Waals surface area (Å²) in [6.07, 6.45) is 4.72. The zero-order valence-corrected chi connectivity index (χ0v) is 9.29. The topological polar surface area (TPSA) is 63.6 Å². The van der Waals surface area contributed by atoms with Gasteiger partial charge >= 0.3 is 5.97 Å². The number of ether oxygens (including phenoxy) is 1. The van der Waals surface area contributed by atoms with Crippen molar-refractivity contribution in [1.82, 2.24) is 0 Å². The Hall–Kier alpha value is -2.36. The van der Waals surface area contributed by atoms with Gasteiger partial charge in [-0.15, -0.1) is 0 Å². The molecular weight excluding hydrogens is 220 g/mol. The van der Waals surface area contributed by atoms with E-state index in [0.29, 0.717) is 0 Å². The van der Waals surface area contributed by atoms with E-state index in [1.807, 2.05) is 0 Å². The normalized spacial score (nSPS) is 10.9. The molecule has 0 unspecified atom stereocenters. The summed E-state index contributed by atoms with van der Waals surface area (Å²) in [5, 5.41) is 8.33. The Bertz CT molecular complexity index is 455. The lowest BCUT2D eigenvalue weighted by Gasteiger charge is -1.98. The number of benzene rings is 1. The van der Waals surface area contributed by atoms with Crippen LogP contribution in [0.4, 0.5) is 0 Å². The Kier molecular flexibility index (Phi) is 4.69. The summed E-state index contributed by atoms with van der Waals surface area (Å²) in [5.41, 5.74) is 0.836. The number of carboxylic acids is 1. The zero-order valence-electron chi connectivity index (χ0n) is 9.29. The predicted octanol–water partition coefficient (Wildman–Crippen LogP) is 1.92. The van der Waals surface area contributed by atoms with Crippen LogP contribution in [0.25, 0.3) is 6.08 Å². The average Bonchev–Trinajstić information content (AvgIpc) is 2.34. The van der Waals surface area contributed by atoms with Gasteiger partial charge in [-0.05, 0) is 29.8 Å². The molecule has 0 aromatic heterocycles. The largest absolute Gasteiger partial charge is 0.497 e. The minimum absolute atomic E-state index is 0.372. The molecule has 0 saturated carbocycles. The standard InChI is InChI=1S/C13H12O4/c1-17-12-7-3-10(4-8-12)2-5-11(14)6-9-13(15)16/h2-9H,1H3,(H,15,16)/b5-2+,9-6-. The Morgan fingerprint density at radius 3 is 2.29 bits per heavy atom. The van der Waals surface area contributed by atoms with Gasteiger partial charge in [-0.25, -0.2) is 4.79 Å². The molecule has 17 heavy (non-hydrogen) atoms. The summed E-state index contributed by atoms with van der Waals surface area (Å²) < 4.78 is 4.99. The van der Waals surface area contributed by atoms with Crippen LogP contribution in [0, 0.1) is 0 Å². The van der Waals surface area contributed by atoms with E-state index in [1.54, 1.807) is 37.5 Å². The molecule has 4 heteroatoms. The highest BCUT2D eigenvalue weighted by Gasteiger charge is 1.93. The molecule has 0 atom stereocenters. The number of hydrogen-bond acceptors (Lipinski definition) is 3. The Labute approximate surface area is 98.8 Å². The van der Waals surface area contributed by atoms with Crippen LogP contribution in [-0.2, 0) is 9.59 Å². The van der Waals surface area contributed by atoms with Crippen molar-refractivity contribution in [3.63, 3.8) is 0 Å². The van der Waals surface area contributed by atoms with E-state index < -0.39 is 5.97 Å². The molecule has 0 saturated heterocycles. The van der Waals surface area contributed by atoms with Gasteiger partial charge < -0.3 is 9.84 Å². The fraction of sp³-hybridized carbons (Fsp3) is 0.0769. The summed E-state index contributed by atoms with van der Waals surface area (Å²) in [5.74, 6) is -0.779. The van der Waals surface area contributed by atoms with Crippen molar-refractivity contribution in [2.24, 2.45) is 0 Å². The van der Waals surface area contributed by atoms with Gasteiger partial charge in [0, 0.05) is 6.08 Å². The molecule has 0 spiro atoms. The maximum atomic E-state index is 11.2. The number of rotatable bonds is 5. The first kappa shape index (κ1) is 12.7. The van der Waals surface area contributed by atoms with Crippen LogP contribution >= 0.6 is 0 Å². The maximum Gasteiger partial charge on any atom is 0.328 e. The highest BCUT2D eigenvalue weighted by Crippen LogP contribution is 2.12. The van der Waals surface area contributed by atoms with Gasteiger partial charge in [0.2, 0.25) is 0 Å². The highest BCUT2D eigenvalue weighted by molar-refractivity contribution is 6.04. The first-order valence-corrected chi connectivity index (χ1v) is 4.89. The molecule has 4 nitrogen and oxygen atoms in total. The summed E-state index contributed by atoms with van der Waals surface area (Å²) in [6.45, 7) is 0. The second-order valence-electron chi connectivity index (χ2n) is 3.18. The Balaban J connectivity index is 2.63. The van der Waals surface area contributed by atoms with E-state index in [2.05, 4.69) is 0 Å². The summed E-state index contributed by atoms with van der Waals surface area (Å²) in [6, 6.07) is 7.14. The van der Waals surface area contributed by atoms with Crippen molar-refractivity contribution in [2.75, 3.05) is 7.11 Å². The van der Waals surface area contributed by atoms with E-state index in [1.165, 1.54) is 6.08 Å². The van der Waals surface area contributed by atoms with Crippen molar-refractivity contribution >= 4 is 17.8 Å². The van der Waals surface area contributed by atoms with Crippen LogP contribution in [0.15, 0.2) is 42.5 Å². The van der Waals surface area contributed by atoms with Crippen LogP contribution in [0.3, 0.4) is 0 Å². The van der Waals surface area contributed by atoms with Gasteiger partial charge in [-0.3, -0.25) is 4.79 Å². The first-order valence-electron chi connectivity index (χ1n) is 4.89. The third-order valence-corrected chi connectivity index (χ3v) is 1.95. The lowest BCUT2D eigenvalue weighted by Crippen LogP contribution is -1.91. The lowest BCUT2D eigenvalue weighted by atomic mass is 10.2. The summed E-state index contributed by atoms with van der Waals surface area (Å²) >= 11 is 0. The maximum absolute atomic E-state index is 11.2. The number of carboxylic acid groups (broad SMARTS) is 1. The number of allylic oxidation sites excluding steroid dienone is 2. The zero-order chi connectivity index (χ0) is 12.7. The second-order valence-corrected chi connectivity index (χ2v) is 3.18. The third-order valence-electron chi connectivity index (χ3n) is 1.95. The molecule has 0 aliphatic heterocycles. The van der Waals surface area contributed by atoms with E-state index >= 15 is 0 Å². The van der Waals surface area contributed by atoms with Crippen LogP contribution in [0.5, 0.6) is 5.75 Å². The number of methoxy groups -OCH3 is 1. The molecule has 1 aromatic carbocycles.